The summed E-state index contributed by atoms with van der Waals surface area (Å²) < 4.78 is 71.1. The first-order valence-electron chi connectivity index (χ1n) is 4.89. The summed E-state index contributed by atoms with van der Waals surface area (Å²) in [5.74, 6) is -2.38. The van der Waals surface area contributed by atoms with Crippen LogP contribution in [-0.4, -0.2) is 22.6 Å². The summed E-state index contributed by atoms with van der Waals surface area (Å²) in [4.78, 5) is 11.5. The highest BCUT2D eigenvalue weighted by atomic mass is 79.9. The number of hydrogen-bond acceptors (Lipinski definition) is 1. The lowest BCUT2D eigenvalue weighted by atomic mass is 10.1. The molecule has 0 radical (unpaired) electrons. The molecule has 0 spiro atoms. The lowest BCUT2D eigenvalue weighted by molar-refractivity contribution is -0.253. The molecule has 0 fully saturated rings. The van der Waals surface area contributed by atoms with Crippen LogP contribution in [0, 0.1) is 0 Å². The first-order valence-corrected chi connectivity index (χ1v) is 6.44. The molecule has 0 aliphatic heterocycles. The van der Waals surface area contributed by atoms with Gasteiger partial charge in [-0.25, -0.2) is 0 Å². The fourth-order valence-corrected chi connectivity index (χ4v) is 1.66. The van der Waals surface area contributed by atoms with E-state index in [4.69, 9.17) is 23.2 Å². The van der Waals surface area contributed by atoms with E-state index in [1.54, 1.807) is 0 Å². The van der Waals surface area contributed by atoms with Gasteiger partial charge >= 0.3 is 12.4 Å². The Hall–Kier alpha value is -0.670. The number of rotatable bonds is 2. The largest absolute Gasteiger partial charge is 0.421 e. The monoisotopic (exact) mass is 417 g/mol. The smallest absolute Gasteiger partial charge is 0.323 e. The molecule has 1 N–H and O–H groups in total. The number of nitrogens with one attached hydrogen (secondary N) is 1. The molecule has 0 bridgehead atoms. The highest BCUT2D eigenvalue weighted by Gasteiger charge is 2.74. The first-order chi connectivity index (χ1) is 9.30. The molecule has 2 nitrogen and oxygen atoms in total. The van der Waals surface area contributed by atoms with Crippen LogP contribution in [0.3, 0.4) is 0 Å². The van der Waals surface area contributed by atoms with E-state index in [9.17, 15) is 31.1 Å². The number of anilines is 1. The molecule has 1 rings (SSSR count). The van der Waals surface area contributed by atoms with Gasteiger partial charge < -0.3 is 5.32 Å². The summed E-state index contributed by atoms with van der Waals surface area (Å²) >= 11 is 12.6. The van der Waals surface area contributed by atoms with E-state index in [1.807, 2.05) is 0 Å². The van der Waals surface area contributed by atoms with Crippen molar-refractivity contribution in [3.05, 3.63) is 28.2 Å². The average molecular weight is 419 g/mol. The molecule has 0 atom stereocenters. The summed E-state index contributed by atoms with van der Waals surface area (Å²) in [7, 11) is 0. The van der Waals surface area contributed by atoms with Gasteiger partial charge in [-0.1, -0.05) is 39.1 Å². The highest BCUT2D eigenvalue weighted by molar-refractivity contribution is 9.10. The number of carbonyl (C=O) groups excluding carboxylic acids is 1. The van der Waals surface area contributed by atoms with E-state index in [2.05, 4.69) is 0 Å². The van der Waals surface area contributed by atoms with Crippen LogP contribution in [0.2, 0.25) is 10.0 Å². The Balaban J connectivity index is 3.24. The van der Waals surface area contributed by atoms with Crippen LogP contribution in [0.5, 0.6) is 0 Å². The quantitative estimate of drug-likeness (QED) is 0.519. The van der Waals surface area contributed by atoms with Crippen LogP contribution in [0.4, 0.5) is 32.0 Å². The lowest BCUT2D eigenvalue weighted by Crippen LogP contribution is -2.59. The third-order valence-corrected chi connectivity index (χ3v) is 4.09. The molecular formula is C10H4BrCl2F6NO. The maximum Gasteiger partial charge on any atom is 0.421 e. The van der Waals surface area contributed by atoms with Crippen molar-refractivity contribution in [1.82, 2.24) is 0 Å². The van der Waals surface area contributed by atoms with Gasteiger partial charge in [0, 0.05) is 5.02 Å². The zero-order valence-electron chi connectivity index (χ0n) is 9.54. The second kappa shape index (κ2) is 5.85. The zero-order chi connectivity index (χ0) is 16.6. The Kier molecular flexibility index (Phi) is 5.12. The van der Waals surface area contributed by atoms with Crippen molar-refractivity contribution in [3.63, 3.8) is 0 Å². The van der Waals surface area contributed by atoms with Gasteiger partial charge in [-0.05, 0) is 18.2 Å². The minimum atomic E-state index is -5.92. The van der Waals surface area contributed by atoms with E-state index in [0.717, 1.165) is 12.1 Å². The van der Waals surface area contributed by atoms with Crippen molar-refractivity contribution >= 4 is 50.7 Å². The third-order valence-electron chi connectivity index (χ3n) is 2.27. The SMILES string of the molecule is O=C(Nc1cc(Cl)ccc1Cl)C(Br)(C(F)(F)F)C(F)(F)F. The molecule has 0 heterocycles. The highest BCUT2D eigenvalue weighted by Crippen LogP contribution is 2.50. The zero-order valence-corrected chi connectivity index (χ0v) is 12.6. The van der Waals surface area contributed by atoms with Crippen molar-refractivity contribution in [3.8, 4) is 0 Å². The average Bonchev–Trinajstić information content (AvgIpc) is 2.29. The Morgan fingerprint density at radius 2 is 1.52 bits per heavy atom. The molecule has 0 saturated carbocycles. The van der Waals surface area contributed by atoms with E-state index in [1.165, 1.54) is 27.3 Å². The van der Waals surface area contributed by atoms with Crippen molar-refractivity contribution in [2.45, 2.75) is 16.7 Å². The number of benzene rings is 1. The second-order valence-corrected chi connectivity index (χ2v) is 5.77. The molecule has 0 unspecified atom stereocenters. The van der Waals surface area contributed by atoms with Crippen LogP contribution >= 0.6 is 39.1 Å². The molecule has 11 heteroatoms. The van der Waals surface area contributed by atoms with Crippen molar-refractivity contribution < 1.29 is 31.1 Å². The Bertz CT molecular complexity index is 545. The van der Waals surface area contributed by atoms with Gasteiger partial charge in [0.25, 0.3) is 10.2 Å². The molecule has 21 heavy (non-hydrogen) atoms. The summed E-state index contributed by atoms with van der Waals surface area (Å²) in [6, 6.07) is 3.27. The van der Waals surface area contributed by atoms with Gasteiger partial charge in [-0.15, -0.1) is 0 Å². The maximum absolute atomic E-state index is 12.6. The first kappa shape index (κ1) is 18.4. The van der Waals surface area contributed by atoms with Crippen molar-refractivity contribution in [1.29, 1.82) is 0 Å². The van der Waals surface area contributed by atoms with E-state index in [0.29, 0.717) is 0 Å². The molecule has 1 amide bonds. The fraction of sp³-hybridized carbons (Fsp3) is 0.300. The minimum absolute atomic E-state index is 0.0334. The fourth-order valence-electron chi connectivity index (χ4n) is 1.22. The Morgan fingerprint density at radius 1 is 1.05 bits per heavy atom. The number of hydrogen-bond donors (Lipinski definition) is 1. The third kappa shape index (κ3) is 3.57. The predicted octanol–water partition coefficient (Wildman–Crippen LogP) is 5.19. The van der Waals surface area contributed by atoms with E-state index in [-0.39, 0.29) is 10.0 Å². The second-order valence-electron chi connectivity index (χ2n) is 3.73. The van der Waals surface area contributed by atoms with Gasteiger partial charge in [-0.3, -0.25) is 4.79 Å². The van der Waals surface area contributed by atoms with Crippen LogP contribution in [0.25, 0.3) is 0 Å². The molecule has 0 aliphatic carbocycles. The number of halogens is 9. The van der Waals surface area contributed by atoms with E-state index < -0.39 is 28.3 Å². The molecular weight excluding hydrogens is 415 g/mol. The van der Waals surface area contributed by atoms with Crippen molar-refractivity contribution in [2.75, 3.05) is 5.32 Å². The molecule has 118 valence electrons. The minimum Gasteiger partial charge on any atom is -0.323 e. The molecule has 0 aliphatic rings. The summed E-state index contributed by atoms with van der Waals surface area (Å²) in [5.41, 5.74) is -0.480. The van der Waals surface area contributed by atoms with Gasteiger partial charge in [0.2, 0.25) is 0 Å². The standard InChI is InChI=1S/C10H4BrCl2F6NO/c11-8(9(14,15)16,10(17,18)19)7(21)20-6-3-4(12)1-2-5(6)13/h1-3H,(H,20,21). The summed E-state index contributed by atoms with van der Waals surface area (Å²) in [6.45, 7) is 0. The Morgan fingerprint density at radius 3 is 1.95 bits per heavy atom. The number of amides is 1. The molecule has 0 saturated heterocycles. The van der Waals surface area contributed by atoms with Crippen LogP contribution in [0.1, 0.15) is 0 Å². The number of alkyl halides is 7. The van der Waals surface area contributed by atoms with Crippen LogP contribution in [-0.2, 0) is 4.79 Å². The molecule has 1 aromatic rings. The lowest BCUT2D eigenvalue weighted by Gasteiger charge is -2.30. The van der Waals surface area contributed by atoms with Gasteiger partial charge in [0.1, 0.15) is 0 Å². The summed E-state index contributed by atoms with van der Waals surface area (Å²) in [5, 5.41) is 1.16. The van der Waals surface area contributed by atoms with Crippen LogP contribution in [0.15, 0.2) is 18.2 Å². The topological polar surface area (TPSA) is 29.1 Å². The molecule has 1 aromatic carbocycles. The van der Waals surface area contributed by atoms with Crippen LogP contribution < -0.4 is 5.32 Å². The maximum atomic E-state index is 12.6. The summed E-state index contributed by atoms with van der Waals surface area (Å²) in [6.07, 6.45) is -11.8. The Labute approximate surface area is 132 Å². The van der Waals surface area contributed by atoms with Gasteiger partial charge in [-0.2, -0.15) is 26.3 Å². The van der Waals surface area contributed by atoms with Gasteiger partial charge in [0.05, 0.1) is 10.7 Å². The van der Waals surface area contributed by atoms with Gasteiger partial charge in [0.15, 0.2) is 0 Å². The molecule has 0 aromatic heterocycles. The predicted molar refractivity (Wildman–Crippen MR) is 68.9 cm³/mol. The normalized spacial score (nSPS) is 13.2. The number of carbonyl (C=O) groups is 1. The van der Waals surface area contributed by atoms with Crippen molar-refractivity contribution in [2.24, 2.45) is 0 Å². The van der Waals surface area contributed by atoms with E-state index >= 15 is 0 Å².